The summed E-state index contributed by atoms with van der Waals surface area (Å²) in [6, 6.07) is 0. The fourth-order valence-electron chi connectivity index (χ4n) is 2.24. The molecule has 1 heterocycles. The van der Waals surface area contributed by atoms with Gasteiger partial charge < -0.3 is 0 Å². The predicted octanol–water partition coefficient (Wildman–Crippen LogP) is 2.82. The van der Waals surface area contributed by atoms with Crippen LogP contribution in [0.15, 0.2) is 6.33 Å². The van der Waals surface area contributed by atoms with Gasteiger partial charge in [0.05, 0.1) is 5.69 Å². The third-order valence-corrected chi connectivity index (χ3v) is 2.98. The molecule has 1 aromatic heterocycles. The largest absolute Gasteiger partial charge is 0.241 e. The van der Waals surface area contributed by atoms with Gasteiger partial charge in [0.2, 0.25) is 0 Å². The molecule has 0 radical (unpaired) electrons. The van der Waals surface area contributed by atoms with Gasteiger partial charge in [-0.25, -0.2) is 9.97 Å². The van der Waals surface area contributed by atoms with Crippen LogP contribution in [0.1, 0.15) is 57.0 Å². The first-order valence-electron chi connectivity index (χ1n) is 5.34. The average molecular weight is 190 g/mol. The summed E-state index contributed by atoms with van der Waals surface area (Å²) >= 11 is 0. The number of nitrogens with zero attached hydrogens (tertiary/aromatic N) is 2. The van der Waals surface area contributed by atoms with Crippen LogP contribution in [0.4, 0.5) is 0 Å². The van der Waals surface area contributed by atoms with Crippen LogP contribution in [0.2, 0.25) is 0 Å². The van der Waals surface area contributed by atoms with E-state index < -0.39 is 0 Å². The van der Waals surface area contributed by atoms with Crippen molar-refractivity contribution in [3.8, 4) is 0 Å². The molecule has 0 fully saturated rings. The molecule has 2 heteroatoms. The zero-order chi connectivity index (χ0) is 10.3. The Bertz CT molecular complexity index is 350. The zero-order valence-corrected chi connectivity index (χ0v) is 9.46. The predicted molar refractivity (Wildman–Crippen MR) is 57.5 cm³/mol. The summed E-state index contributed by atoms with van der Waals surface area (Å²) in [7, 11) is 0. The van der Waals surface area contributed by atoms with Gasteiger partial charge in [-0.3, -0.25) is 0 Å². The van der Waals surface area contributed by atoms with Crippen LogP contribution < -0.4 is 0 Å². The van der Waals surface area contributed by atoms with Gasteiger partial charge in [-0.2, -0.15) is 0 Å². The SMILES string of the molecule is C[C@@H]1CCc2ncnc(C(C)(C)C)c21. The van der Waals surface area contributed by atoms with E-state index in [0.29, 0.717) is 5.92 Å². The van der Waals surface area contributed by atoms with E-state index in [1.165, 1.54) is 23.4 Å². The summed E-state index contributed by atoms with van der Waals surface area (Å²) in [5.74, 6) is 0.639. The highest BCUT2D eigenvalue weighted by Gasteiger charge is 2.29. The van der Waals surface area contributed by atoms with Crippen LogP contribution >= 0.6 is 0 Å². The van der Waals surface area contributed by atoms with Gasteiger partial charge in [-0.1, -0.05) is 27.7 Å². The fourth-order valence-corrected chi connectivity index (χ4v) is 2.24. The van der Waals surface area contributed by atoms with Crippen molar-refractivity contribution in [1.29, 1.82) is 0 Å². The molecule has 1 aliphatic rings. The van der Waals surface area contributed by atoms with Crippen LogP contribution in [-0.2, 0) is 11.8 Å². The maximum absolute atomic E-state index is 4.46. The normalized spacial score (nSPS) is 21.0. The molecular weight excluding hydrogens is 172 g/mol. The van der Waals surface area contributed by atoms with Crippen LogP contribution in [0, 0.1) is 0 Å². The Balaban J connectivity index is 2.58. The minimum Gasteiger partial charge on any atom is -0.241 e. The van der Waals surface area contributed by atoms with Crippen LogP contribution in [0.25, 0.3) is 0 Å². The molecule has 0 aromatic carbocycles. The van der Waals surface area contributed by atoms with Crippen LogP contribution in [-0.4, -0.2) is 9.97 Å². The van der Waals surface area contributed by atoms with E-state index in [-0.39, 0.29) is 5.41 Å². The van der Waals surface area contributed by atoms with Crippen molar-refractivity contribution in [2.75, 3.05) is 0 Å². The van der Waals surface area contributed by atoms with Gasteiger partial charge in [0.25, 0.3) is 0 Å². The standard InChI is InChI=1S/C12H18N2/c1-8-5-6-9-10(8)11(12(2,3)4)14-7-13-9/h7-8H,5-6H2,1-4H3/t8-/m1/s1. The quantitative estimate of drug-likeness (QED) is 0.628. The highest BCUT2D eigenvalue weighted by atomic mass is 14.9. The van der Waals surface area contributed by atoms with E-state index in [4.69, 9.17) is 0 Å². The molecule has 76 valence electrons. The molecule has 1 aliphatic carbocycles. The van der Waals surface area contributed by atoms with Gasteiger partial charge in [0.15, 0.2) is 0 Å². The van der Waals surface area contributed by atoms with Crippen molar-refractivity contribution < 1.29 is 0 Å². The molecule has 2 rings (SSSR count). The summed E-state index contributed by atoms with van der Waals surface area (Å²) in [6.07, 6.45) is 4.08. The molecule has 0 saturated heterocycles. The molecule has 0 amide bonds. The first-order chi connectivity index (χ1) is 6.50. The van der Waals surface area contributed by atoms with Crippen molar-refractivity contribution in [3.63, 3.8) is 0 Å². The lowest BCUT2D eigenvalue weighted by molar-refractivity contribution is 0.552. The third kappa shape index (κ3) is 1.43. The van der Waals surface area contributed by atoms with Crippen molar-refractivity contribution in [2.24, 2.45) is 0 Å². The molecule has 1 aromatic rings. The molecule has 0 N–H and O–H groups in total. The Morgan fingerprint density at radius 3 is 2.64 bits per heavy atom. The lowest BCUT2D eigenvalue weighted by atomic mass is 9.86. The van der Waals surface area contributed by atoms with Crippen molar-refractivity contribution in [3.05, 3.63) is 23.3 Å². The summed E-state index contributed by atoms with van der Waals surface area (Å²) in [5, 5.41) is 0. The van der Waals surface area contributed by atoms with Crippen molar-refractivity contribution in [2.45, 2.75) is 51.9 Å². The van der Waals surface area contributed by atoms with Gasteiger partial charge >= 0.3 is 0 Å². The third-order valence-electron chi connectivity index (χ3n) is 2.98. The molecule has 1 atom stereocenters. The first-order valence-corrected chi connectivity index (χ1v) is 5.34. The molecule has 0 saturated carbocycles. The fraction of sp³-hybridized carbons (Fsp3) is 0.667. The smallest absolute Gasteiger partial charge is 0.115 e. The summed E-state index contributed by atoms with van der Waals surface area (Å²) in [6.45, 7) is 8.95. The second kappa shape index (κ2) is 3.04. The average Bonchev–Trinajstić information content (AvgIpc) is 2.46. The topological polar surface area (TPSA) is 25.8 Å². The molecule has 14 heavy (non-hydrogen) atoms. The Morgan fingerprint density at radius 2 is 2.00 bits per heavy atom. The van der Waals surface area contributed by atoms with E-state index in [0.717, 1.165) is 6.42 Å². The number of aromatic nitrogens is 2. The summed E-state index contributed by atoms with van der Waals surface area (Å²) in [5.41, 5.74) is 4.08. The van der Waals surface area contributed by atoms with Crippen molar-refractivity contribution >= 4 is 0 Å². The Kier molecular flexibility index (Phi) is 2.09. The molecule has 0 aliphatic heterocycles. The molecule has 0 bridgehead atoms. The minimum absolute atomic E-state index is 0.144. The maximum atomic E-state index is 4.46. The molecule has 2 nitrogen and oxygen atoms in total. The monoisotopic (exact) mass is 190 g/mol. The minimum atomic E-state index is 0.144. The van der Waals surface area contributed by atoms with E-state index in [1.54, 1.807) is 6.33 Å². The number of rotatable bonds is 0. The molecule has 0 unspecified atom stereocenters. The highest BCUT2D eigenvalue weighted by molar-refractivity contribution is 5.36. The second-order valence-electron chi connectivity index (χ2n) is 5.27. The lowest BCUT2D eigenvalue weighted by Gasteiger charge is -2.22. The van der Waals surface area contributed by atoms with Crippen LogP contribution in [0.5, 0.6) is 0 Å². The van der Waals surface area contributed by atoms with Crippen LogP contribution in [0.3, 0.4) is 0 Å². The Labute approximate surface area is 85.8 Å². The van der Waals surface area contributed by atoms with E-state index in [9.17, 15) is 0 Å². The summed E-state index contributed by atoms with van der Waals surface area (Å²) < 4.78 is 0. The van der Waals surface area contributed by atoms with Gasteiger partial charge in [0.1, 0.15) is 6.33 Å². The number of fused-ring (bicyclic) bond motifs is 1. The lowest BCUT2D eigenvalue weighted by Crippen LogP contribution is -2.17. The van der Waals surface area contributed by atoms with Gasteiger partial charge in [0, 0.05) is 11.1 Å². The first kappa shape index (κ1) is 9.63. The van der Waals surface area contributed by atoms with E-state index in [1.807, 2.05) is 0 Å². The second-order valence-corrected chi connectivity index (χ2v) is 5.27. The molecule has 0 spiro atoms. The Morgan fingerprint density at radius 1 is 1.29 bits per heavy atom. The van der Waals surface area contributed by atoms with Gasteiger partial charge in [-0.15, -0.1) is 0 Å². The van der Waals surface area contributed by atoms with E-state index in [2.05, 4.69) is 37.7 Å². The van der Waals surface area contributed by atoms with Gasteiger partial charge in [-0.05, 0) is 24.3 Å². The zero-order valence-electron chi connectivity index (χ0n) is 9.46. The maximum Gasteiger partial charge on any atom is 0.115 e. The van der Waals surface area contributed by atoms with E-state index >= 15 is 0 Å². The van der Waals surface area contributed by atoms with Crippen molar-refractivity contribution in [1.82, 2.24) is 9.97 Å². The summed E-state index contributed by atoms with van der Waals surface area (Å²) in [4.78, 5) is 8.83. The number of hydrogen-bond donors (Lipinski definition) is 0. The Hall–Kier alpha value is -0.920. The molecular formula is C12H18N2. The highest BCUT2D eigenvalue weighted by Crippen LogP contribution is 2.37. The number of hydrogen-bond acceptors (Lipinski definition) is 2. The number of aryl methyl sites for hydroxylation is 1.